The van der Waals surface area contributed by atoms with Crippen LogP contribution in [0, 0.1) is 5.92 Å². The average Bonchev–Trinajstić information content (AvgIpc) is 2.72. The Kier molecular flexibility index (Phi) is 7.38. The van der Waals surface area contributed by atoms with Gasteiger partial charge < -0.3 is 14.2 Å². The zero-order valence-corrected chi connectivity index (χ0v) is 17.9. The van der Waals surface area contributed by atoms with E-state index in [1.807, 2.05) is 60.7 Å². The number of carbonyl (C=O) groups is 2. The molecule has 2 aromatic carbocycles. The summed E-state index contributed by atoms with van der Waals surface area (Å²) < 4.78 is 16.1. The van der Waals surface area contributed by atoms with Crippen molar-refractivity contribution in [3.8, 4) is 0 Å². The van der Waals surface area contributed by atoms with Crippen LogP contribution in [-0.4, -0.2) is 29.6 Å². The number of rotatable bonds is 9. The molecule has 1 unspecified atom stereocenters. The molecule has 0 saturated heterocycles. The van der Waals surface area contributed by atoms with Crippen LogP contribution in [0.1, 0.15) is 51.8 Å². The first-order valence-corrected chi connectivity index (χ1v) is 9.67. The van der Waals surface area contributed by atoms with Gasteiger partial charge in [0.1, 0.15) is 5.60 Å². The third-order valence-corrected chi connectivity index (χ3v) is 4.98. The lowest BCUT2D eigenvalue weighted by Crippen LogP contribution is -2.45. The lowest BCUT2D eigenvalue weighted by molar-refractivity contribution is -0.186. The van der Waals surface area contributed by atoms with Crippen molar-refractivity contribution in [2.75, 3.05) is 0 Å². The molecule has 1 atom stereocenters. The van der Waals surface area contributed by atoms with Crippen LogP contribution in [0.15, 0.2) is 60.7 Å². The zero-order chi connectivity index (χ0) is 22.4. The minimum atomic E-state index is -1.55. The van der Waals surface area contributed by atoms with Gasteiger partial charge in [0.25, 0.3) is 0 Å². The molecule has 159 valence electrons. The molecule has 0 heterocycles. The predicted octanol–water partition coefficient (Wildman–Crippen LogP) is 4.14. The normalized spacial score (nSPS) is 12.7. The minimum absolute atomic E-state index is 0.653. The third-order valence-electron chi connectivity index (χ3n) is 4.98. The molecule has 0 N–H and O–H groups in total. The van der Waals surface area contributed by atoms with Crippen LogP contribution in [0.2, 0.25) is 0 Å². The van der Waals surface area contributed by atoms with Crippen LogP contribution in [0.25, 0.3) is 0 Å². The van der Waals surface area contributed by atoms with Gasteiger partial charge in [0.05, 0.1) is 5.92 Å². The van der Waals surface area contributed by atoms with Crippen LogP contribution < -0.4 is 0 Å². The van der Waals surface area contributed by atoms with E-state index < -0.39 is 35.2 Å². The van der Waals surface area contributed by atoms with Gasteiger partial charge in [0.2, 0.25) is 5.60 Å². The maximum Gasteiger partial charge on any atom is 0.418 e. The maximum absolute atomic E-state index is 13.0. The first kappa shape index (κ1) is 23.1. The van der Waals surface area contributed by atoms with Gasteiger partial charge in [-0.15, -0.1) is 0 Å². The van der Waals surface area contributed by atoms with E-state index in [9.17, 15) is 14.4 Å². The quantitative estimate of drug-likeness (QED) is 0.456. The van der Waals surface area contributed by atoms with Gasteiger partial charge in [-0.3, -0.25) is 4.79 Å². The van der Waals surface area contributed by atoms with Gasteiger partial charge >= 0.3 is 18.4 Å². The number of esters is 2. The molecule has 6 heteroatoms. The fraction of sp³-hybridized carbons (Fsp3) is 0.375. The molecule has 0 spiro atoms. The van der Waals surface area contributed by atoms with Crippen LogP contribution in [0.3, 0.4) is 0 Å². The number of benzene rings is 2. The Labute approximate surface area is 177 Å². The summed E-state index contributed by atoms with van der Waals surface area (Å²) in [5.41, 5.74) is -1.09. The van der Waals surface area contributed by atoms with E-state index in [1.165, 1.54) is 20.3 Å². The summed E-state index contributed by atoms with van der Waals surface area (Å²) in [5.74, 6) is -2.19. The van der Waals surface area contributed by atoms with Crippen molar-refractivity contribution >= 4 is 18.4 Å². The van der Waals surface area contributed by atoms with Crippen molar-refractivity contribution in [2.45, 2.75) is 51.9 Å². The molecular formula is C24H27O6. The van der Waals surface area contributed by atoms with E-state index in [1.54, 1.807) is 20.8 Å². The highest BCUT2D eigenvalue weighted by atomic mass is 16.6. The second-order valence-corrected chi connectivity index (χ2v) is 8.05. The Morgan fingerprint density at radius 3 is 1.77 bits per heavy atom. The summed E-state index contributed by atoms with van der Waals surface area (Å²) in [7, 11) is 0. The Morgan fingerprint density at radius 2 is 1.33 bits per heavy atom. The largest absolute Gasteiger partial charge is 0.450 e. The third kappa shape index (κ3) is 5.69. The first-order chi connectivity index (χ1) is 14.1. The van der Waals surface area contributed by atoms with Gasteiger partial charge in [-0.2, -0.15) is 0 Å². The van der Waals surface area contributed by atoms with Crippen molar-refractivity contribution in [3.05, 3.63) is 71.8 Å². The summed E-state index contributed by atoms with van der Waals surface area (Å²) >= 11 is 0. The predicted molar refractivity (Wildman–Crippen MR) is 111 cm³/mol. The Balaban J connectivity index is 2.20. The van der Waals surface area contributed by atoms with E-state index in [4.69, 9.17) is 14.2 Å². The molecule has 2 rings (SSSR count). The van der Waals surface area contributed by atoms with Crippen LogP contribution in [0.4, 0.5) is 0 Å². The first-order valence-electron chi connectivity index (χ1n) is 9.67. The smallest absolute Gasteiger partial charge is 0.418 e. The number of hydrogen-bond acceptors (Lipinski definition) is 6. The Bertz CT molecular complexity index is 818. The highest BCUT2D eigenvalue weighted by molar-refractivity contribution is 5.84. The molecule has 0 amide bonds. The second-order valence-electron chi connectivity index (χ2n) is 8.05. The summed E-state index contributed by atoms with van der Waals surface area (Å²) in [4.78, 5) is 36.1. The lowest BCUT2D eigenvalue weighted by atomic mass is 9.92. The summed E-state index contributed by atoms with van der Waals surface area (Å²) in [5, 5.41) is 0. The van der Waals surface area contributed by atoms with Gasteiger partial charge in [-0.05, 0) is 45.7 Å². The van der Waals surface area contributed by atoms with Crippen molar-refractivity contribution in [3.63, 3.8) is 0 Å². The topological polar surface area (TPSA) is 78.9 Å². The van der Waals surface area contributed by atoms with E-state index in [0.29, 0.717) is 0 Å². The van der Waals surface area contributed by atoms with Gasteiger partial charge in [-0.1, -0.05) is 60.7 Å². The van der Waals surface area contributed by atoms with Crippen LogP contribution >= 0.6 is 0 Å². The Hall–Kier alpha value is -3.15. The SMILES string of the molecule is CC(C(=O)OC(C)(C)C(=O)OC(c1ccccc1)c1ccccc1)C(C)(C)O[C]=O. The minimum Gasteiger partial charge on any atom is -0.450 e. The van der Waals surface area contributed by atoms with Crippen LogP contribution in [-0.2, 0) is 28.6 Å². The molecule has 0 aliphatic heterocycles. The lowest BCUT2D eigenvalue weighted by Gasteiger charge is -2.32. The van der Waals surface area contributed by atoms with Gasteiger partial charge in [0.15, 0.2) is 6.10 Å². The number of ether oxygens (including phenoxy) is 3. The summed E-state index contributed by atoms with van der Waals surface area (Å²) in [6.45, 7) is 8.96. The van der Waals surface area contributed by atoms with Crippen molar-refractivity contribution < 1.29 is 28.6 Å². The molecule has 0 fully saturated rings. The monoisotopic (exact) mass is 411 g/mol. The van der Waals surface area contributed by atoms with Crippen molar-refractivity contribution in [1.29, 1.82) is 0 Å². The molecule has 0 aliphatic carbocycles. The molecule has 30 heavy (non-hydrogen) atoms. The van der Waals surface area contributed by atoms with Gasteiger partial charge in [-0.25, -0.2) is 9.59 Å². The highest BCUT2D eigenvalue weighted by Crippen LogP contribution is 2.29. The fourth-order valence-corrected chi connectivity index (χ4v) is 2.69. The highest BCUT2D eigenvalue weighted by Gasteiger charge is 2.41. The zero-order valence-electron chi connectivity index (χ0n) is 17.9. The molecule has 6 nitrogen and oxygen atoms in total. The maximum atomic E-state index is 13.0. The molecule has 1 radical (unpaired) electrons. The van der Waals surface area contributed by atoms with Crippen LogP contribution in [0.5, 0.6) is 0 Å². The summed E-state index contributed by atoms with van der Waals surface area (Å²) in [6, 6.07) is 18.6. The summed E-state index contributed by atoms with van der Waals surface area (Å²) in [6.07, 6.45) is -0.653. The van der Waals surface area contributed by atoms with E-state index >= 15 is 0 Å². The van der Waals surface area contributed by atoms with Gasteiger partial charge in [0, 0.05) is 0 Å². The standard InChI is InChI=1S/C24H27O6/c1-17(23(2,3)28-16-25)21(26)30-24(4,5)22(27)29-20(18-12-8-6-9-13-18)19-14-10-7-11-15-19/h6-15,17,20H,1-5H3. The van der Waals surface area contributed by atoms with Crippen molar-refractivity contribution in [2.24, 2.45) is 5.92 Å². The second kappa shape index (κ2) is 9.57. The average molecular weight is 411 g/mol. The van der Waals surface area contributed by atoms with E-state index in [2.05, 4.69) is 0 Å². The van der Waals surface area contributed by atoms with Crippen molar-refractivity contribution in [1.82, 2.24) is 0 Å². The number of hydrogen-bond donors (Lipinski definition) is 0. The molecule has 0 saturated carbocycles. The van der Waals surface area contributed by atoms with E-state index in [0.717, 1.165) is 11.1 Å². The Morgan fingerprint density at radius 1 is 0.867 bits per heavy atom. The molecule has 0 aliphatic rings. The van der Waals surface area contributed by atoms with E-state index in [-0.39, 0.29) is 0 Å². The molecular weight excluding hydrogens is 384 g/mol. The molecule has 0 bridgehead atoms. The number of carbonyl (C=O) groups excluding carboxylic acids is 3. The fourth-order valence-electron chi connectivity index (χ4n) is 2.69. The molecule has 2 aromatic rings. The molecule has 0 aromatic heterocycles.